The Balaban J connectivity index is 1.53. The van der Waals surface area contributed by atoms with Crippen LogP contribution in [-0.4, -0.2) is 25.2 Å². The number of alkyl halides is 3. The molecule has 0 saturated carbocycles. The number of carbonyl (C=O) groups excluding carboxylic acids is 1. The van der Waals surface area contributed by atoms with Gasteiger partial charge in [-0.1, -0.05) is 36.4 Å². The first-order valence-corrected chi connectivity index (χ1v) is 12.5. The zero-order valence-electron chi connectivity index (χ0n) is 21.5. The molecular formula is C31H26F3NO4. The first-order chi connectivity index (χ1) is 18.8. The molecule has 5 nitrogen and oxygen atoms in total. The van der Waals surface area contributed by atoms with Crippen molar-refractivity contribution >= 4 is 28.5 Å². The molecule has 1 heterocycles. The fourth-order valence-corrected chi connectivity index (χ4v) is 4.91. The van der Waals surface area contributed by atoms with E-state index in [1.165, 1.54) is 12.1 Å². The summed E-state index contributed by atoms with van der Waals surface area (Å²) in [6.07, 6.45) is -0.244. The number of esters is 1. The number of halogens is 3. The van der Waals surface area contributed by atoms with Gasteiger partial charge in [0.05, 0.1) is 36.6 Å². The maximum absolute atomic E-state index is 13.5. The smallest absolute Gasteiger partial charge is 0.416 e. The lowest BCUT2D eigenvalue weighted by Crippen LogP contribution is -2.15. The van der Waals surface area contributed by atoms with E-state index < -0.39 is 17.7 Å². The number of hydrogen-bond donors (Lipinski definition) is 0. The molecule has 39 heavy (non-hydrogen) atoms. The molecule has 0 atom stereocenters. The van der Waals surface area contributed by atoms with Gasteiger partial charge >= 0.3 is 12.1 Å². The van der Waals surface area contributed by atoms with Crippen molar-refractivity contribution in [3.8, 4) is 11.5 Å². The second-order valence-corrected chi connectivity index (χ2v) is 9.24. The minimum absolute atomic E-state index is 0.263. The quantitative estimate of drug-likeness (QED) is 0.240. The minimum atomic E-state index is -4.48. The Hall–Kier alpha value is -4.33. The van der Waals surface area contributed by atoms with Gasteiger partial charge in [-0.05, 0) is 77.9 Å². The summed E-state index contributed by atoms with van der Waals surface area (Å²) in [5.74, 6) is 0.640. The molecule has 0 amide bonds. The van der Waals surface area contributed by atoms with Crippen LogP contribution in [0.4, 0.5) is 13.2 Å². The minimum Gasteiger partial charge on any atom is -0.493 e. The molecule has 4 aromatic rings. The van der Waals surface area contributed by atoms with Gasteiger partial charge < -0.3 is 14.2 Å². The van der Waals surface area contributed by atoms with Gasteiger partial charge in [0.25, 0.3) is 0 Å². The number of methoxy groups -OCH3 is 2. The van der Waals surface area contributed by atoms with Crippen LogP contribution in [0.15, 0.2) is 66.7 Å². The number of hydrogen-bond acceptors (Lipinski definition) is 5. The molecule has 1 aromatic heterocycles. The highest BCUT2D eigenvalue weighted by atomic mass is 19.4. The van der Waals surface area contributed by atoms with E-state index in [0.717, 1.165) is 47.4 Å². The SMILES string of the molecule is COc1ccc(/C=C2/CCCc3c2nc2ccccc2c3C(=O)OCc2cccc(C(F)(F)F)c2)cc1OC. The topological polar surface area (TPSA) is 57.7 Å². The summed E-state index contributed by atoms with van der Waals surface area (Å²) in [6, 6.07) is 17.8. The Labute approximate surface area is 223 Å². The van der Waals surface area contributed by atoms with Crippen LogP contribution in [0.1, 0.15) is 51.1 Å². The van der Waals surface area contributed by atoms with Crippen molar-refractivity contribution < 1.29 is 32.2 Å². The van der Waals surface area contributed by atoms with E-state index in [-0.39, 0.29) is 12.2 Å². The number of carbonyl (C=O) groups is 1. The average molecular weight is 534 g/mol. The number of nitrogens with zero attached hydrogens (tertiary/aromatic N) is 1. The lowest BCUT2D eigenvalue weighted by Gasteiger charge is -2.22. The summed E-state index contributed by atoms with van der Waals surface area (Å²) >= 11 is 0. The Morgan fingerprint density at radius 2 is 1.74 bits per heavy atom. The highest BCUT2D eigenvalue weighted by molar-refractivity contribution is 6.06. The predicted octanol–water partition coefficient (Wildman–Crippen LogP) is 7.50. The molecular weight excluding hydrogens is 507 g/mol. The van der Waals surface area contributed by atoms with Gasteiger partial charge in [-0.2, -0.15) is 13.2 Å². The Kier molecular flexibility index (Phi) is 7.28. The third-order valence-corrected chi connectivity index (χ3v) is 6.75. The van der Waals surface area contributed by atoms with Gasteiger partial charge in [0.1, 0.15) is 6.61 Å². The van der Waals surface area contributed by atoms with E-state index in [1.54, 1.807) is 14.2 Å². The maximum Gasteiger partial charge on any atom is 0.416 e. The molecule has 0 N–H and O–H groups in total. The summed E-state index contributed by atoms with van der Waals surface area (Å²) in [6.45, 7) is -0.275. The number of ether oxygens (including phenoxy) is 3. The molecule has 0 radical (unpaired) electrons. The van der Waals surface area contributed by atoms with E-state index in [4.69, 9.17) is 19.2 Å². The van der Waals surface area contributed by atoms with Gasteiger partial charge in [0.15, 0.2) is 11.5 Å². The molecule has 0 aliphatic heterocycles. The van der Waals surface area contributed by atoms with E-state index >= 15 is 0 Å². The molecule has 5 rings (SSSR count). The largest absolute Gasteiger partial charge is 0.493 e. The van der Waals surface area contributed by atoms with Crippen LogP contribution in [-0.2, 0) is 23.9 Å². The van der Waals surface area contributed by atoms with E-state index in [9.17, 15) is 18.0 Å². The number of allylic oxidation sites excluding steroid dienone is 1. The number of rotatable bonds is 6. The van der Waals surface area contributed by atoms with E-state index in [1.807, 2.05) is 48.5 Å². The number of para-hydroxylation sites is 1. The summed E-state index contributed by atoms with van der Waals surface area (Å²) in [5.41, 5.74) is 3.90. The lowest BCUT2D eigenvalue weighted by atomic mass is 9.86. The molecule has 1 aliphatic carbocycles. The summed E-state index contributed by atoms with van der Waals surface area (Å²) in [4.78, 5) is 18.4. The number of benzene rings is 3. The fraction of sp³-hybridized carbons (Fsp3) is 0.226. The molecule has 8 heteroatoms. The molecule has 0 bridgehead atoms. The third kappa shape index (κ3) is 5.46. The Morgan fingerprint density at radius 1 is 0.949 bits per heavy atom. The normalized spacial score (nSPS) is 14.2. The van der Waals surface area contributed by atoms with Crippen LogP contribution in [0, 0.1) is 0 Å². The van der Waals surface area contributed by atoms with Crippen LogP contribution in [0.2, 0.25) is 0 Å². The summed E-state index contributed by atoms with van der Waals surface area (Å²) < 4.78 is 55.8. The first-order valence-electron chi connectivity index (χ1n) is 12.5. The number of pyridine rings is 1. The van der Waals surface area contributed by atoms with Gasteiger partial charge in [0.2, 0.25) is 0 Å². The fourth-order valence-electron chi connectivity index (χ4n) is 4.91. The zero-order chi connectivity index (χ0) is 27.6. The average Bonchev–Trinajstić information content (AvgIpc) is 2.94. The monoisotopic (exact) mass is 533 g/mol. The molecule has 0 fully saturated rings. The second-order valence-electron chi connectivity index (χ2n) is 9.24. The van der Waals surface area contributed by atoms with Gasteiger partial charge in [-0.25, -0.2) is 9.78 Å². The van der Waals surface area contributed by atoms with Gasteiger partial charge in [0, 0.05) is 5.39 Å². The zero-order valence-corrected chi connectivity index (χ0v) is 21.5. The summed E-state index contributed by atoms with van der Waals surface area (Å²) in [5, 5.41) is 0.651. The third-order valence-electron chi connectivity index (χ3n) is 6.75. The Bertz CT molecular complexity index is 1580. The molecule has 0 saturated heterocycles. The number of fused-ring (bicyclic) bond motifs is 2. The second kappa shape index (κ2) is 10.8. The highest BCUT2D eigenvalue weighted by Crippen LogP contribution is 2.38. The van der Waals surface area contributed by atoms with Crippen molar-refractivity contribution in [2.75, 3.05) is 14.2 Å². The lowest BCUT2D eigenvalue weighted by molar-refractivity contribution is -0.137. The molecule has 0 spiro atoms. The van der Waals surface area contributed by atoms with Crippen LogP contribution < -0.4 is 9.47 Å². The first kappa shape index (κ1) is 26.3. The van der Waals surface area contributed by atoms with Crippen LogP contribution in [0.5, 0.6) is 11.5 Å². The standard InChI is InChI=1S/C31H26F3NO4/c1-37-26-14-13-19(17-27(26)38-2)15-21-8-6-11-24-28(23-10-3-4-12-25(23)35-29(21)24)30(36)39-18-20-7-5-9-22(16-20)31(32,33)34/h3-5,7,9-10,12-17H,6,8,11,18H2,1-2H3/b21-15-. The van der Waals surface area contributed by atoms with Crippen LogP contribution in [0.25, 0.3) is 22.6 Å². The van der Waals surface area contributed by atoms with Gasteiger partial charge in [-0.3, -0.25) is 0 Å². The Morgan fingerprint density at radius 3 is 2.51 bits per heavy atom. The maximum atomic E-state index is 13.5. The van der Waals surface area contributed by atoms with Crippen molar-refractivity contribution in [3.63, 3.8) is 0 Å². The molecule has 1 aliphatic rings. The van der Waals surface area contributed by atoms with Crippen molar-refractivity contribution in [1.29, 1.82) is 0 Å². The van der Waals surface area contributed by atoms with E-state index in [2.05, 4.69) is 0 Å². The number of aromatic nitrogens is 1. The van der Waals surface area contributed by atoms with Crippen molar-refractivity contribution in [3.05, 3.63) is 100 Å². The van der Waals surface area contributed by atoms with Crippen LogP contribution in [0.3, 0.4) is 0 Å². The van der Waals surface area contributed by atoms with Crippen LogP contribution >= 0.6 is 0 Å². The highest BCUT2D eigenvalue weighted by Gasteiger charge is 2.31. The molecule has 200 valence electrons. The van der Waals surface area contributed by atoms with E-state index in [0.29, 0.717) is 34.4 Å². The van der Waals surface area contributed by atoms with Crippen molar-refractivity contribution in [2.24, 2.45) is 0 Å². The molecule has 3 aromatic carbocycles. The van der Waals surface area contributed by atoms with Crippen molar-refractivity contribution in [1.82, 2.24) is 4.98 Å². The summed E-state index contributed by atoms with van der Waals surface area (Å²) in [7, 11) is 3.16. The molecule has 0 unspecified atom stereocenters. The predicted molar refractivity (Wildman–Crippen MR) is 143 cm³/mol. The van der Waals surface area contributed by atoms with Crippen molar-refractivity contribution in [2.45, 2.75) is 32.0 Å². The van der Waals surface area contributed by atoms with Gasteiger partial charge in [-0.15, -0.1) is 0 Å².